The van der Waals surface area contributed by atoms with Crippen LogP contribution in [-0.4, -0.2) is 36.9 Å². The third kappa shape index (κ3) is 6.13. The molecule has 0 saturated carbocycles. The van der Waals surface area contributed by atoms with E-state index in [1.165, 1.54) is 55.5 Å². The molecule has 0 saturated heterocycles. The van der Waals surface area contributed by atoms with Gasteiger partial charge in [0.2, 0.25) is 0 Å². The van der Waals surface area contributed by atoms with Crippen LogP contribution in [0.4, 0.5) is 18.9 Å². The van der Waals surface area contributed by atoms with Crippen LogP contribution in [0.1, 0.15) is 37.0 Å². The molecule has 6 nitrogen and oxygen atoms in total. The number of carbonyl (C=O) groups is 2. The van der Waals surface area contributed by atoms with E-state index in [-0.39, 0.29) is 17.9 Å². The maximum absolute atomic E-state index is 14.2. The van der Waals surface area contributed by atoms with E-state index in [1.807, 2.05) is 6.92 Å². The predicted octanol–water partition coefficient (Wildman–Crippen LogP) is 4.53. The highest BCUT2D eigenvalue weighted by Crippen LogP contribution is 2.34. The molecular formula is C22H25F3N2O4. The number of anilines is 1. The molecule has 1 unspecified atom stereocenters. The average molecular weight is 438 g/mol. The number of hydrogen-bond donors (Lipinski definition) is 2. The fourth-order valence-electron chi connectivity index (χ4n) is 2.65. The lowest BCUT2D eigenvalue weighted by Gasteiger charge is -2.35. The van der Waals surface area contributed by atoms with Crippen LogP contribution in [0.15, 0.2) is 54.6 Å². The van der Waals surface area contributed by atoms with Crippen LogP contribution in [0.25, 0.3) is 0 Å². The van der Waals surface area contributed by atoms with Gasteiger partial charge in [-0.05, 0) is 49.7 Å². The van der Waals surface area contributed by atoms with E-state index in [1.54, 1.807) is 11.4 Å². The van der Waals surface area contributed by atoms with Gasteiger partial charge in [0.25, 0.3) is 5.91 Å². The van der Waals surface area contributed by atoms with Crippen LogP contribution < -0.4 is 15.4 Å². The molecule has 1 atom stereocenters. The Hall–Kier alpha value is -3.23. The van der Waals surface area contributed by atoms with Gasteiger partial charge in [0.15, 0.2) is 0 Å². The minimum Gasteiger partial charge on any atom is -0.494 e. The first-order chi connectivity index (χ1) is 14.7. The maximum atomic E-state index is 14.2. The first kappa shape index (κ1) is 24.0. The Morgan fingerprint density at radius 2 is 1.61 bits per heavy atom. The van der Waals surface area contributed by atoms with Gasteiger partial charge in [-0.25, -0.2) is 4.79 Å². The lowest BCUT2D eigenvalue weighted by molar-refractivity contribution is -0.204. The number of alkyl halides is 3. The largest absolute Gasteiger partial charge is 0.494 e. The van der Waals surface area contributed by atoms with Crippen LogP contribution in [0.5, 0.6) is 5.75 Å². The molecule has 0 aromatic heterocycles. The molecule has 0 spiro atoms. The molecule has 2 aromatic carbocycles. The normalized spacial score (nSPS) is 13.1. The highest BCUT2D eigenvalue weighted by Gasteiger charge is 2.63. The van der Waals surface area contributed by atoms with Crippen molar-refractivity contribution in [1.82, 2.24) is 5.32 Å². The SMILES string of the molecule is CCCCOc1ccc(NC(NC(=O)c2ccccc2)(C(=O)OCC)C(F)(F)F)cc1. The summed E-state index contributed by atoms with van der Waals surface area (Å²) in [5.74, 6) is -2.28. The van der Waals surface area contributed by atoms with Crippen LogP contribution in [0, 0.1) is 0 Å². The van der Waals surface area contributed by atoms with Crippen LogP contribution in [0.2, 0.25) is 0 Å². The summed E-state index contributed by atoms with van der Waals surface area (Å²) in [5.41, 5.74) is -3.58. The van der Waals surface area contributed by atoms with Gasteiger partial charge >= 0.3 is 17.8 Å². The Kier molecular flexibility index (Phi) is 8.30. The van der Waals surface area contributed by atoms with Gasteiger partial charge in [0.1, 0.15) is 5.75 Å². The topological polar surface area (TPSA) is 76.7 Å². The third-order valence-corrected chi connectivity index (χ3v) is 4.30. The van der Waals surface area contributed by atoms with Crippen molar-refractivity contribution in [3.63, 3.8) is 0 Å². The highest BCUT2D eigenvalue weighted by molar-refractivity contribution is 5.99. The Morgan fingerprint density at radius 1 is 0.968 bits per heavy atom. The second-order valence-corrected chi connectivity index (χ2v) is 6.64. The van der Waals surface area contributed by atoms with E-state index in [4.69, 9.17) is 4.74 Å². The third-order valence-electron chi connectivity index (χ3n) is 4.30. The van der Waals surface area contributed by atoms with E-state index in [0.29, 0.717) is 12.4 Å². The summed E-state index contributed by atoms with van der Waals surface area (Å²) in [4.78, 5) is 25.0. The quantitative estimate of drug-likeness (QED) is 0.324. The predicted molar refractivity (Wildman–Crippen MR) is 110 cm³/mol. The molecule has 0 bridgehead atoms. The number of amides is 1. The lowest BCUT2D eigenvalue weighted by atomic mass is 10.1. The Morgan fingerprint density at radius 3 is 2.16 bits per heavy atom. The molecule has 0 heterocycles. The summed E-state index contributed by atoms with van der Waals surface area (Å²) in [6.07, 6.45) is -3.43. The number of nitrogens with one attached hydrogen (secondary N) is 2. The van der Waals surface area contributed by atoms with Crippen molar-refractivity contribution in [2.24, 2.45) is 0 Å². The monoisotopic (exact) mass is 438 g/mol. The molecule has 1 amide bonds. The van der Waals surface area contributed by atoms with Crippen molar-refractivity contribution in [2.45, 2.75) is 38.5 Å². The molecule has 0 aliphatic carbocycles. The Labute approximate surface area is 178 Å². The fourth-order valence-corrected chi connectivity index (χ4v) is 2.65. The zero-order valence-corrected chi connectivity index (χ0v) is 17.3. The van der Waals surface area contributed by atoms with Crippen molar-refractivity contribution < 1.29 is 32.2 Å². The second kappa shape index (κ2) is 10.7. The van der Waals surface area contributed by atoms with Crippen molar-refractivity contribution in [3.8, 4) is 5.75 Å². The molecule has 168 valence electrons. The standard InChI is InChI=1S/C22H25F3N2O4/c1-3-5-15-31-18-13-11-17(12-14-18)26-21(22(23,24)25,20(29)30-4-2)27-19(28)16-9-7-6-8-10-16/h6-14,26H,3-5,15H2,1-2H3,(H,27,28). The number of halogens is 3. The smallest absolute Gasteiger partial charge is 0.441 e. The summed E-state index contributed by atoms with van der Waals surface area (Å²) in [6, 6.07) is 12.9. The van der Waals surface area contributed by atoms with Crippen molar-refractivity contribution in [3.05, 3.63) is 60.2 Å². The van der Waals surface area contributed by atoms with Gasteiger partial charge < -0.3 is 20.1 Å². The Bertz CT molecular complexity index is 857. The van der Waals surface area contributed by atoms with Gasteiger partial charge in [-0.1, -0.05) is 31.5 Å². The first-order valence-electron chi connectivity index (χ1n) is 9.86. The minimum absolute atomic E-state index is 0.0399. The molecule has 2 N–H and O–H groups in total. The summed E-state index contributed by atoms with van der Waals surface area (Å²) < 4.78 is 52.7. The van der Waals surface area contributed by atoms with Gasteiger partial charge in [0.05, 0.1) is 13.2 Å². The number of ether oxygens (including phenoxy) is 2. The van der Waals surface area contributed by atoms with E-state index in [9.17, 15) is 22.8 Å². The Balaban J connectivity index is 2.36. The van der Waals surface area contributed by atoms with E-state index < -0.39 is 23.7 Å². The highest BCUT2D eigenvalue weighted by atomic mass is 19.4. The first-order valence-corrected chi connectivity index (χ1v) is 9.86. The molecule has 0 radical (unpaired) electrons. The summed E-state index contributed by atoms with van der Waals surface area (Å²) >= 11 is 0. The number of hydrogen-bond acceptors (Lipinski definition) is 5. The van der Waals surface area contributed by atoms with E-state index >= 15 is 0 Å². The number of benzene rings is 2. The van der Waals surface area contributed by atoms with Crippen molar-refractivity contribution in [1.29, 1.82) is 0 Å². The van der Waals surface area contributed by atoms with Crippen LogP contribution >= 0.6 is 0 Å². The number of esters is 1. The van der Waals surface area contributed by atoms with Gasteiger partial charge in [0, 0.05) is 11.3 Å². The molecule has 2 rings (SSSR count). The van der Waals surface area contributed by atoms with Crippen LogP contribution in [-0.2, 0) is 9.53 Å². The molecule has 31 heavy (non-hydrogen) atoms. The molecule has 0 aliphatic rings. The van der Waals surface area contributed by atoms with Crippen molar-refractivity contribution in [2.75, 3.05) is 18.5 Å². The summed E-state index contributed by atoms with van der Waals surface area (Å²) in [5, 5.41) is 3.92. The summed E-state index contributed by atoms with van der Waals surface area (Å²) in [7, 11) is 0. The van der Waals surface area contributed by atoms with Gasteiger partial charge in [-0.15, -0.1) is 0 Å². The second-order valence-electron chi connectivity index (χ2n) is 6.64. The fraction of sp³-hybridized carbons (Fsp3) is 0.364. The molecular weight excluding hydrogens is 413 g/mol. The van der Waals surface area contributed by atoms with Crippen molar-refractivity contribution >= 4 is 17.6 Å². The van der Waals surface area contributed by atoms with E-state index in [0.717, 1.165) is 12.8 Å². The maximum Gasteiger partial charge on any atom is 0.441 e. The lowest BCUT2D eigenvalue weighted by Crippen LogP contribution is -2.69. The zero-order valence-electron chi connectivity index (χ0n) is 17.3. The minimum atomic E-state index is -5.21. The summed E-state index contributed by atoms with van der Waals surface area (Å²) in [6.45, 7) is 3.56. The zero-order chi connectivity index (χ0) is 22.9. The number of carbonyl (C=O) groups excluding carboxylic acids is 2. The average Bonchev–Trinajstić information content (AvgIpc) is 2.74. The van der Waals surface area contributed by atoms with Gasteiger partial charge in [-0.3, -0.25) is 4.79 Å². The molecule has 2 aromatic rings. The molecule has 0 fully saturated rings. The number of rotatable bonds is 10. The molecule has 9 heteroatoms. The van der Waals surface area contributed by atoms with Gasteiger partial charge in [-0.2, -0.15) is 13.2 Å². The van der Waals surface area contributed by atoms with Crippen LogP contribution in [0.3, 0.4) is 0 Å². The number of unbranched alkanes of at least 4 members (excludes halogenated alkanes) is 1. The van der Waals surface area contributed by atoms with E-state index in [2.05, 4.69) is 10.1 Å². The molecule has 0 aliphatic heterocycles.